The van der Waals surface area contributed by atoms with Crippen LogP contribution >= 0.6 is 23.2 Å². The van der Waals surface area contributed by atoms with Crippen molar-refractivity contribution >= 4 is 29.0 Å². The molecule has 0 aromatic heterocycles. The van der Waals surface area contributed by atoms with E-state index in [0.29, 0.717) is 21.9 Å². The average Bonchev–Trinajstić information content (AvgIpc) is 2.79. The van der Waals surface area contributed by atoms with Gasteiger partial charge in [0.25, 0.3) is 0 Å². The normalized spacial score (nSPS) is 17.5. The third-order valence-corrected chi connectivity index (χ3v) is 3.51. The number of nitrogens with one attached hydrogen (secondary N) is 1. The van der Waals surface area contributed by atoms with Crippen LogP contribution in [0.3, 0.4) is 0 Å². The summed E-state index contributed by atoms with van der Waals surface area (Å²) in [4.78, 5) is 4.61. The highest BCUT2D eigenvalue weighted by atomic mass is 35.5. The number of hydrazine groups is 1. The van der Waals surface area contributed by atoms with Crippen LogP contribution in [0, 0.1) is 0 Å². The molecule has 2 rings (SSSR count). The minimum Gasteiger partial charge on any atom is -0.308 e. The number of amidine groups is 1. The Morgan fingerprint density at radius 1 is 1.29 bits per heavy atom. The SMILES string of the molecule is NNC(=NC1CCCC1)c1ccc(Cl)cc1Cl. The highest BCUT2D eigenvalue weighted by molar-refractivity contribution is 6.36. The first-order chi connectivity index (χ1) is 8.20. The Bertz CT molecular complexity index is 426. The van der Waals surface area contributed by atoms with Crippen molar-refractivity contribution in [3.05, 3.63) is 33.8 Å². The van der Waals surface area contributed by atoms with E-state index in [2.05, 4.69) is 10.4 Å². The largest absolute Gasteiger partial charge is 0.308 e. The van der Waals surface area contributed by atoms with Gasteiger partial charge in [0, 0.05) is 10.6 Å². The van der Waals surface area contributed by atoms with Crippen molar-refractivity contribution in [1.29, 1.82) is 0 Å². The number of benzene rings is 1. The molecule has 0 unspecified atom stereocenters. The van der Waals surface area contributed by atoms with Crippen LogP contribution in [0.1, 0.15) is 31.2 Å². The fourth-order valence-electron chi connectivity index (χ4n) is 2.08. The molecule has 0 spiro atoms. The van der Waals surface area contributed by atoms with Crippen molar-refractivity contribution in [2.75, 3.05) is 0 Å². The van der Waals surface area contributed by atoms with Crippen molar-refractivity contribution in [3.8, 4) is 0 Å². The maximum atomic E-state index is 6.13. The van der Waals surface area contributed by atoms with Gasteiger partial charge < -0.3 is 5.43 Å². The Kier molecular flexibility index (Phi) is 4.26. The lowest BCUT2D eigenvalue weighted by Crippen LogP contribution is -2.32. The summed E-state index contributed by atoms with van der Waals surface area (Å²) in [7, 11) is 0. The lowest BCUT2D eigenvalue weighted by atomic mass is 10.2. The van der Waals surface area contributed by atoms with Crippen LogP contribution in [-0.2, 0) is 0 Å². The zero-order valence-electron chi connectivity index (χ0n) is 9.42. The summed E-state index contributed by atoms with van der Waals surface area (Å²) >= 11 is 12.0. The zero-order valence-corrected chi connectivity index (χ0v) is 10.9. The molecule has 92 valence electrons. The summed E-state index contributed by atoms with van der Waals surface area (Å²) in [6.45, 7) is 0. The monoisotopic (exact) mass is 271 g/mol. The predicted molar refractivity (Wildman–Crippen MR) is 72.6 cm³/mol. The molecule has 1 aliphatic rings. The topological polar surface area (TPSA) is 50.4 Å². The van der Waals surface area contributed by atoms with Crippen LogP contribution in [0.4, 0.5) is 0 Å². The van der Waals surface area contributed by atoms with Gasteiger partial charge in [-0.05, 0) is 31.0 Å². The lowest BCUT2D eigenvalue weighted by Gasteiger charge is -2.11. The Hall–Kier alpha value is -0.770. The molecule has 1 aromatic carbocycles. The van der Waals surface area contributed by atoms with Gasteiger partial charge in [-0.25, -0.2) is 5.84 Å². The van der Waals surface area contributed by atoms with Crippen LogP contribution in [0.15, 0.2) is 23.2 Å². The maximum absolute atomic E-state index is 6.13. The van der Waals surface area contributed by atoms with Gasteiger partial charge >= 0.3 is 0 Å². The molecular formula is C12H15Cl2N3. The quantitative estimate of drug-likeness (QED) is 0.376. The second kappa shape index (κ2) is 5.71. The van der Waals surface area contributed by atoms with Crippen molar-refractivity contribution in [2.45, 2.75) is 31.7 Å². The molecule has 0 aliphatic heterocycles. The summed E-state index contributed by atoms with van der Waals surface area (Å²) in [6, 6.07) is 5.66. The highest BCUT2D eigenvalue weighted by Crippen LogP contribution is 2.24. The summed E-state index contributed by atoms with van der Waals surface area (Å²) < 4.78 is 0. The van der Waals surface area contributed by atoms with E-state index in [9.17, 15) is 0 Å². The van der Waals surface area contributed by atoms with E-state index in [1.54, 1.807) is 12.1 Å². The number of aliphatic imine (C=N–C) groups is 1. The number of rotatable bonds is 2. The number of halogens is 2. The third-order valence-electron chi connectivity index (χ3n) is 2.96. The average molecular weight is 272 g/mol. The number of nitrogens with zero attached hydrogens (tertiary/aromatic N) is 1. The van der Waals surface area contributed by atoms with E-state index in [0.717, 1.165) is 18.4 Å². The molecule has 1 saturated carbocycles. The smallest absolute Gasteiger partial charge is 0.144 e. The first-order valence-corrected chi connectivity index (χ1v) is 6.46. The molecule has 5 heteroatoms. The number of hydrogen-bond acceptors (Lipinski definition) is 2. The Morgan fingerprint density at radius 3 is 2.59 bits per heavy atom. The van der Waals surface area contributed by atoms with Gasteiger partial charge in [-0.3, -0.25) is 4.99 Å². The summed E-state index contributed by atoms with van der Waals surface area (Å²) in [6.07, 6.45) is 4.72. The van der Waals surface area contributed by atoms with Crippen molar-refractivity contribution in [3.63, 3.8) is 0 Å². The van der Waals surface area contributed by atoms with E-state index < -0.39 is 0 Å². The van der Waals surface area contributed by atoms with Gasteiger partial charge in [0.1, 0.15) is 5.84 Å². The van der Waals surface area contributed by atoms with Gasteiger partial charge in [-0.15, -0.1) is 0 Å². The van der Waals surface area contributed by atoms with Crippen molar-refractivity contribution < 1.29 is 0 Å². The molecular weight excluding hydrogens is 257 g/mol. The van der Waals surface area contributed by atoms with E-state index in [-0.39, 0.29) is 0 Å². The molecule has 0 bridgehead atoms. The standard InChI is InChI=1S/C12H15Cl2N3/c13-8-5-6-10(11(14)7-8)12(17-15)16-9-3-1-2-4-9/h5-7,9H,1-4,15H2,(H,16,17). The summed E-state index contributed by atoms with van der Waals surface area (Å²) in [5.41, 5.74) is 3.42. The molecule has 0 atom stereocenters. The van der Waals surface area contributed by atoms with Crippen molar-refractivity contribution in [1.82, 2.24) is 5.43 Å². The van der Waals surface area contributed by atoms with Crippen LogP contribution in [0.5, 0.6) is 0 Å². The Balaban J connectivity index is 2.27. The second-order valence-electron chi connectivity index (χ2n) is 4.18. The fourth-order valence-corrected chi connectivity index (χ4v) is 2.58. The Labute approximate surface area is 111 Å². The van der Waals surface area contributed by atoms with Crippen LogP contribution in [-0.4, -0.2) is 11.9 Å². The molecule has 1 aliphatic carbocycles. The highest BCUT2D eigenvalue weighted by Gasteiger charge is 2.16. The van der Waals surface area contributed by atoms with E-state index >= 15 is 0 Å². The first kappa shape index (κ1) is 12.7. The van der Waals surface area contributed by atoms with E-state index in [4.69, 9.17) is 29.0 Å². The second-order valence-corrected chi connectivity index (χ2v) is 5.03. The van der Waals surface area contributed by atoms with E-state index in [1.165, 1.54) is 12.8 Å². The minimum atomic E-state index is 0.354. The summed E-state index contributed by atoms with van der Waals surface area (Å²) in [5.74, 6) is 6.15. The molecule has 0 radical (unpaired) electrons. The van der Waals surface area contributed by atoms with Gasteiger partial charge in [0.15, 0.2) is 0 Å². The summed E-state index contributed by atoms with van der Waals surface area (Å²) in [5, 5.41) is 1.17. The number of nitrogens with two attached hydrogens (primary N) is 1. The fraction of sp³-hybridized carbons (Fsp3) is 0.417. The molecule has 0 amide bonds. The lowest BCUT2D eigenvalue weighted by molar-refractivity contribution is 0.701. The zero-order chi connectivity index (χ0) is 12.3. The predicted octanol–water partition coefficient (Wildman–Crippen LogP) is 3.15. The Morgan fingerprint density at radius 2 is 2.00 bits per heavy atom. The van der Waals surface area contributed by atoms with E-state index in [1.807, 2.05) is 6.07 Å². The first-order valence-electron chi connectivity index (χ1n) is 5.70. The minimum absolute atomic E-state index is 0.354. The molecule has 1 fully saturated rings. The van der Waals surface area contributed by atoms with Gasteiger partial charge in [0.2, 0.25) is 0 Å². The van der Waals surface area contributed by atoms with Crippen LogP contribution < -0.4 is 11.3 Å². The molecule has 3 N–H and O–H groups in total. The van der Waals surface area contributed by atoms with Crippen molar-refractivity contribution in [2.24, 2.45) is 10.8 Å². The molecule has 0 heterocycles. The van der Waals surface area contributed by atoms with Gasteiger partial charge in [-0.2, -0.15) is 0 Å². The molecule has 1 aromatic rings. The maximum Gasteiger partial charge on any atom is 0.144 e. The van der Waals surface area contributed by atoms with Gasteiger partial charge in [0.05, 0.1) is 11.1 Å². The molecule has 17 heavy (non-hydrogen) atoms. The van der Waals surface area contributed by atoms with Crippen LogP contribution in [0.25, 0.3) is 0 Å². The third kappa shape index (κ3) is 3.12. The van der Waals surface area contributed by atoms with Gasteiger partial charge in [-0.1, -0.05) is 36.0 Å². The molecule has 3 nitrogen and oxygen atoms in total. The molecule has 0 saturated heterocycles. The number of hydrogen-bond donors (Lipinski definition) is 2. The van der Waals surface area contributed by atoms with Crippen LogP contribution in [0.2, 0.25) is 10.0 Å².